The Hall–Kier alpha value is -1.62. The second kappa shape index (κ2) is 6.65. The van der Waals surface area contributed by atoms with Crippen LogP contribution in [0.4, 0.5) is 5.82 Å². The average molecular weight is 302 g/mol. The van der Waals surface area contributed by atoms with Crippen molar-refractivity contribution in [3.05, 3.63) is 23.9 Å². The predicted octanol–water partition coefficient (Wildman–Crippen LogP) is 1.96. The topological polar surface area (TPSA) is 71.2 Å². The second-order valence-corrected chi connectivity index (χ2v) is 6.62. The maximum atomic E-state index is 12.4. The molecule has 5 nitrogen and oxygen atoms in total. The first-order valence-electron chi connectivity index (χ1n) is 8.44. The Labute approximate surface area is 132 Å². The normalized spacial score (nSPS) is 20.9. The van der Waals surface area contributed by atoms with Crippen molar-refractivity contribution in [2.24, 2.45) is 5.73 Å². The van der Waals surface area contributed by atoms with E-state index in [2.05, 4.69) is 21.3 Å². The van der Waals surface area contributed by atoms with Gasteiger partial charge in [0.05, 0.1) is 5.54 Å². The van der Waals surface area contributed by atoms with Crippen molar-refractivity contribution in [3.8, 4) is 0 Å². The van der Waals surface area contributed by atoms with Gasteiger partial charge >= 0.3 is 0 Å². The monoisotopic (exact) mass is 302 g/mol. The van der Waals surface area contributed by atoms with Gasteiger partial charge in [0.15, 0.2) is 0 Å². The Morgan fingerprint density at radius 3 is 2.68 bits per heavy atom. The van der Waals surface area contributed by atoms with Crippen LogP contribution >= 0.6 is 0 Å². The van der Waals surface area contributed by atoms with Crippen LogP contribution in [0.5, 0.6) is 0 Å². The number of nitrogens with two attached hydrogens (primary N) is 1. The highest BCUT2D eigenvalue weighted by molar-refractivity contribution is 5.86. The number of aromatic nitrogens is 1. The van der Waals surface area contributed by atoms with Crippen LogP contribution in [0.2, 0.25) is 0 Å². The number of amides is 1. The van der Waals surface area contributed by atoms with E-state index in [1.54, 1.807) is 0 Å². The Kier molecular flexibility index (Phi) is 4.62. The Morgan fingerprint density at radius 2 is 1.95 bits per heavy atom. The van der Waals surface area contributed by atoms with Gasteiger partial charge in [0.1, 0.15) is 5.82 Å². The minimum Gasteiger partial charge on any atom is -0.357 e. The molecule has 22 heavy (non-hydrogen) atoms. The van der Waals surface area contributed by atoms with E-state index >= 15 is 0 Å². The zero-order chi connectivity index (χ0) is 15.4. The first kappa shape index (κ1) is 15.3. The molecule has 0 unspecified atom stereocenters. The fraction of sp³-hybridized carbons (Fsp3) is 0.647. The lowest BCUT2D eigenvalue weighted by atomic mass is 9.82. The fourth-order valence-corrected chi connectivity index (χ4v) is 3.46. The summed E-state index contributed by atoms with van der Waals surface area (Å²) in [6.45, 7) is 2.69. The highest BCUT2D eigenvalue weighted by atomic mass is 16.2. The van der Waals surface area contributed by atoms with Gasteiger partial charge in [-0.1, -0.05) is 19.3 Å². The van der Waals surface area contributed by atoms with Crippen molar-refractivity contribution in [1.29, 1.82) is 0 Å². The van der Waals surface area contributed by atoms with Crippen LogP contribution in [-0.2, 0) is 11.3 Å². The number of nitrogens with one attached hydrogen (secondary N) is 1. The van der Waals surface area contributed by atoms with Crippen LogP contribution in [-0.4, -0.2) is 29.5 Å². The third kappa shape index (κ3) is 3.40. The van der Waals surface area contributed by atoms with Crippen LogP contribution in [0.1, 0.15) is 50.5 Å². The minimum atomic E-state index is -0.664. The van der Waals surface area contributed by atoms with E-state index in [0.29, 0.717) is 6.54 Å². The maximum Gasteiger partial charge on any atom is 0.240 e. The van der Waals surface area contributed by atoms with Gasteiger partial charge in [-0.05, 0) is 43.4 Å². The van der Waals surface area contributed by atoms with E-state index in [1.807, 2.05) is 12.3 Å². The third-order valence-electron chi connectivity index (χ3n) is 4.89. The van der Waals surface area contributed by atoms with Gasteiger partial charge in [0, 0.05) is 25.8 Å². The van der Waals surface area contributed by atoms with Crippen molar-refractivity contribution in [2.45, 2.75) is 57.0 Å². The quantitative estimate of drug-likeness (QED) is 0.892. The first-order valence-corrected chi connectivity index (χ1v) is 8.44. The molecular weight excluding hydrogens is 276 g/mol. The summed E-state index contributed by atoms with van der Waals surface area (Å²) in [4.78, 5) is 19.1. The number of hydrogen-bond acceptors (Lipinski definition) is 4. The summed E-state index contributed by atoms with van der Waals surface area (Å²) in [6, 6.07) is 4.04. The summed E-state index contributed by atoms with van der Waals surface area (Å²) in [5, 5.41) is 3.02. The van der Waals surface area contributed by atoms with Gasteiger partial charge in [-0.25, -0.2) is 4.98 Å². The van der Waals surface area contributed by atoms with E-state index < -0.39 is 5.54 Å². The first-order chi connectivity index (χ1) is 10.7. The number of carbonyl (C=O) groups excluding carboxylic acids is 1. The van der Waals surface area contributed by atoms with Gasteiger partial charge in [0.2, 0.25) is 5.91 Å². The number of anilines is 1. The fourth-order valence-electron chi connectivity index (χ4n) is 3.46. The van der Waals surface area contributed by atoms with Crippen LogP contribution in [0.15, 0.2) is 18.3 Å². The van der Waals surface area contributed by atoms with Crippen LogP contribution < -0.4 is 16.0 Å². The molecule has 1 aromatic heterocycles. The molecule has 0 bridgehead atoms. The lowest BCUT2D eigenvalue weighted by molar-refractivity contribution is -0.127. The number of hydrogen-bond donors (Lipinski definition) is 2. The summed E-state index contributed by atoms with van der Waals surface area (Å²) in [5.74, 6) is 1.01. The summed E-state index contributed by atoms with van der Waals surface area (Å²) < 4.78 is 0. The molecule has 1 amide bonds. The third-order valence-corrected chi connectivity index (χ3v) is 4.89. The number of nitrogens with zero attached hydrogens (tertiary/aromatic N) is 2. The second-order valence-electron chi connectivity index (χ2n) is 6.62. The molecule has 1 aliphatic heterocycles. The lowest BCUT2D eigenvalue weighted by Gasteiger charge is -2.31. The molecular formula is C17H26N4O. The van der Waals surface area contributed by atoms with Crippen LogP contribution in [0.3, 0.4) is 0 Å². The molecule has 0 spiro atoms. The average Bonchev–Trinajstić information content (AvgIpc) is 3.08. The van der Waals surface area contributed by atoms with Crippen molar-refractivity contribution in [3.63, 3.8) is 0 Å². The van der Waals surface area contributed by atoms with E-state index in [-0.39, 0.29) is 5.91 Å². The molecule has 0 radical (unpaired) electrons. The Bertz CT molecular complexity index is 519. The molecule has 1 aromatic rings. The van der Waals surface area contributed by atoms with Crippen molar-refractivity contribution in [1.82, 2.24) is 10.3 Å². The summed E-state index contributed by atoms with van der Waals surface area (Å²) >= 11 is 0. The molecule has 1 saturated carbocycles. The van der Waals surface area contributed by atoms with Gasteiger partial charge in [-0.3, -0.25) is 4.79 Å². The molecule has 3 rings (SSSR count). The molecule has 2 fully saturated rings. The van der Waals surface area contributed by atoms with Crippen molar-refractivity contribution >= 4 is 11.7 Å². The standard InChI is InChI=1S/C17H26N4O/c18-17(7-2-1-3-8-17)16(22)20-13-14-6-9-19-15(12-14)21-10-4-5-11-21/h6,9,12H,1-5,7-8,10-11,13,18H2,(H,20,22). The number of pyridine rings is 1. The Balaban J connectivity index is 1.59. The number of rotatable bonds is 4. The molecule has 0 aromatic carbocycles. The lowest BCUT2D eigenvalue weighted by Crippen LogP contribution is -2.54. The zero-order valence-corrected chi connectivity index (χ0v) is 13.2. The van der Waals surface area contributed by atoms with Crippen molar-refractivity contribution in [2.75, 3.05) is 18.0 Å². The molecule has 2 aliphatic rings. The van der Waals surface area contributed by atoms with Crippen molar-refractivity contribution < 1.29 is 4.79 Å². The van der Waals surface area contributed by atoms with E-state index in [1.165, 1.54) is 19.3 Å². The molecule has 2 heterocycles. The van der Waals surface area contributed by atoms with Crippen LogP contribution in [0, 0.1) is 0 Å². The smallest absolute Gasteiger partial charge is 0.240 e. The predicted molar refractivity (Wildman–Crippen MR) is 87.5 cm³/mol. The van der Waals surface area contributed by atoms with E-state index in [4.69, 9.17) is 5.73 Å². The van der Waals surface area contributed by atoms with E-state index in [0.717, 1.165) is 50.2 Å². The van der Waals surface area contributed by atoms with Gasteiger partial charge in [-0.15, -0.1) is 0 Å². The molecule has 1 aliphatic carbocycles. The van der Waals surface area contributed by atoms with Crippen LogP contribution in [0.25, 0.3) is 0 Å². The van der Waals surface area contributed by atoms with Gasteiger partial charge in [0.25, 0.3) is 0 Å². The van der Waals surface area contributed by atoms with Gasteiger partial charge in [-0.2, -0.15) is 0 Å². The highest BCUT2D eigenvalue weighted by Gasteiger charge is 2.34. The minimum absolute atomic E-state index is 0.00765. The molecule has 3 N–H and O–H groups in total. The van der Waals surface area contributed by atoms with Gasteiger partial charge < -0.3 is 16.0 Å². The Morgan fingerprint density at radius 1 is 1.23 bits per heavy atom. The summed E-state index contributed by atoms with van der Waals surface area (Å²) in [6.07, 6.45) is 9.19. The summed E-state index contributed by atoms with van der Waals surface area (Å²) in [7, 11) is 0. The highest BCUT2D eigenvalue weighted by Crippen LogP contribution is 2.26. The molecule has 5 heteroatoms. The SMILES string of the molecule is NC1(C(=O)NCc2ccnc(N3CCCC3)c2)CCCCC1. The molecule has 120 valence electrons. The molecule has 1 saturated heterocycles. The maximum absolute atomic E-state index is 12.4. The number of carbonyl (C=O) groups is 1. The summed E-state index contributed by atoms with van der Waals surface area (Å²) in [5.41, 5.74) is 6.69. The zero-order valence-electron chi connectivity index (χ0n) is 13.2. The molecule has 0 atom stereocenters. The largest absolute Gasteiger partial charge is 0.357 e. The van der Waals surface area contributed by atoms with E-state index in [9.17, 15) is 4.79 Å².